The largest absolute Gasteiger partial charge is 0.790 e. The van der Waals surface area contributed by atoms with Gasteiger partial charge in [-0.2, -0.15) is 0 Å². The lowest BCUT2D eigenvalue weighted by Gasteiger charge is -2.56. The average molecular weight is 727 g/mol. The Balaban J connectivity index is 4.13. The molecule has 0 aromatic carbocycles. The average Bonchev–Trinajstić information content (AvgIpc) is 2.57. The summed E-state index contributed by atoms with van der Waals surface area (Å²) in [5, 5.41) is 0. The minimum Gasteiger partial charge on any atom is -0.790 e. The molecule has 27 nitrogen and oxygen atoms in total. The Morgan fingerprint density at radius 1 is 0.300 bits per heavy atom. The van der Waals surface area contributed by atoms with Gasteiger partial charge < -0.3 is 118 Å². The van der Waals surface area contributed by atoms with Gasteiger partial charge in [-0.15, -0.1) is 0 Å². The normalized spacial score (nSPS) is 29.2. The highest BCUT2D eigenvalue weighted by molar-refractivity contribution is 7.58. The molecule has 0 aromatic rings. The van der Waals surface area contributed by atoms with Gasteiger partial charge in [-0.25, -0.2) is 0 Å². The van der Waals surface area contributed by atoms with Crippen molar-refractivity contribution in [3.63, 3.8) is 0 Å². The molecule has 0 amide bonds. The molecule has 240 valence electrons. The van der Waals surface area contributed by atoms with Gasteiger partial charge in [0.15, 0.2) is 0 Å². The second-order valence-corrected chi connectivity index (χ2v) is 14.8. The van der Waals surface area contributed by atoms with Gasteiger partial charge in [0.05, 0.1) is 46.9 Å². The minimum absolute atomic E-state index is 2.91. The molecule has 0 heterocycles. The van der Waals surface area contributed by atoms with Gasteiger partial charge in [0.2, 0.25) is 0 Å². The van der Waals surface area contributed by atoms with Gasteiger partial charge in [0.1, 0.15) is 36.6 Å². The summed E-state index contributed by atoms with van der Waals surface area (Å²) < 4.78 is 103. The number of hydrogen-bond acceptors (Lipinski definition) is 27. The van der Waals surface area contributed by atoms with Crippen molar-refractivity contribution in [1.82, 2.24) is 0 Å². The van der Waals surface area contributed by atoms with Gasteiger partial charge in [-0.05, 0) is 0 Å². The molecule has 40 heavy (non-hydrogen) atoms. The van der Waals surface area contributed by atoms with Crippen molar-refractivity contribution in [2.45, 2.75) is 36.6 Å². The van der Waals surface area contributed by atoms with Crippen LogP contribution in [-0.4, -0.2) is 36.6 Å². The molecule has 0 bridgehead atoms. The fourth-order valence-corrected chi connectivity index (χ4v) is 7.24. The maximum atomic E-state index is 11.9. The van der Waals surface area contributed by atoms with Crippen LogP contribution in [0.3, 0.4) is 0 Å². The third-order valence-electron chi connectivity index (χ3n) is 3.65. The predicted octanol–water partition coefficient (Wildman–Crippen LogP) is -11.2. The van der Waals surface area contributed by atoms with Crippen LogP contribution >= 0.6 is 54.8 Å². The molecule has 5 unspecified atom stereocenters. The van der Waals surface area contributed by atoms with E-state index in [1.807, 2.05) is 0 Å². The Morgan fingerprint density at radius 2 is 0.475 bits per heavy atom. The molecule has 1 aliphatic carbocycles. The summed E-state index contributed by atoms with van der Waals surface area (Å²) in [5.74, 6) is 0. The Bertz CT molecular complexity index is 1160. The van der Waals surface area contributed by atoms with Gasteiger partial charge in [0.25, 0.3) is 7.82 Å². The summed E-state index contributed by atoms with van der Waals surface area (Å²) in [6.45, 7) is 0. The summed E-state index contributed by atoms with van der Waals surface area (Å²) in [6, 6.07) is 0. The van der Waals surface area contributed by atoms with E-state index in [-0.39, 0.29) is 0 Å². The quantitative estimate of drug-likeness (QED) is 0.150. The highest BCUT2D eigenvalue weighted by Gasteiger charge is 2.57. The number of hydrogen-bond donors (Lipinski definition) is 0. The summed E-state index contributed by atoms with van der Waals surface area (Å²) in [7, 11) is -47.8. The van der Waals surface area contributed by atoms with E-state index in [9.17, 15) is 95.6 Å². The van der Waals surface area contributed by atoms with Crippen LogP contribution in [0.1, 0.15) is 0 Å². The van der Waals surface area contributed by atoms with E-state index in [0.29, 0.717) is 0 Å². The van der Waals surface area contributed by atoms with Gasteiger partial charge in [-0.1, -0.05) is 0 Å². The first-order valence-electron chi connectivity index (χ1n) is 8.53. The predicted molar refractivity (Wildman–Crippen MR) is 83.6 cm³/mol. The highest BCUT2D eigenvalue weighted by Crippen LogP contribution is 2.56. The van der Waals surface area contributed by atoms with E-state index >= 15 is 0 Å². The molecule has 34 heteroatoms. The first-order valence-corrected chi connectivity index (χ1v) is 18.8. The van der Waals surface area contributed by atoms with E-state index in [0.717, 1.165) is 0 Å². The third kappa shape index (κ3) is 15.0. The molecule has 0 saturated heterocycles. The molecule has 0 spiro atoms. The van der Waals surface area contributed by atoms with Crippen molar-refractivity contribution in [3.8, 4) is 0 Å². The van der Waals surface area contributed by atoms with Crippen molar-refractivity contribution in [1.29, 1.82) is 0 Å². The van der Waals surface area contributed by atoms with Crippen LogP contribution < -0.4 is 63.6 Å². The molecule has 0 aromatic heterocycles. The number of phosphoric acid groups is 7. The van der Waals surface area contributed by atoms with Crippen molar-refractivity contribution >= 4 is 54.8 Å². The van der Waals surface area contributed by atoms with E-state index in [4.69, 9.17) is 0 Å². The fraction of sp³-hybridized carbons (Fsp3) is 1.00. The Hall–Kier alpha value is 0.810. The summed E-state index contributed by atoms with van der Waals surface area (Å²) >= 11 is 0. The molecular formula is C6H6O27P7-13. The maximum absolute atomic E-state index is 11.9. The Morgan fingerprint density at radius 3 is 0.625 bits per heavy atom. The monoisotopic (exact) mass is 727 g/mol. The van der Waals surface area contributed by atoms with E-state index < -0.39 is 91.4 Å². The second kappa shape index (κ2) is 13.0. The van der Waals surface area contributed by atoms with Crippen LogP contribution in [0.15, 0.2) is 0 Å². The molecule has 1 fully saturated rings. The Labute approximate surface area is 219 Å². The third-order valence-corrected chi connectivity index (χ3v) is 8.26. The van der Waals surface area contributed by atoms with E-state index in [2.05, 4.69) is 31.5 Å². The number of phosphoric ester groups is 6. The fourth-order valence-electron chi connectivity index (χ4n) is 2.88. The molecule has 1 aliphatic rings. The summed E-state index contributed by atoms with van der Waals surface area (Å²) in [6.07, 6.45) is -22.5. The maximum Gasteiger partial charge on any atom is 0.272 e. The minimum atomic E-state index is -6.97. The standard InChI is InChI=1S/C6H19O27P7/c7-34(8,9)27-1-2(28-35(10,11)12)4(30-37(16,17)18)6(32-40(25,26)33-39(22,23)24)5(31-38(19,20)21)3(1)29-36(13,14)15/h1-6H,(H,25,26)(H2,7,8,9)(H2,10,11,12)(H2,13,14,15)(H2,16,17,18)(H2,19,20,21)(H2,22,23,24)/p-13. The highest BCUT2D eigenvalue weighted by atomic mass is 31.3. The van der Waals surface area contributed by atoms with Gasteiger partial charge in [-0.3, -0.25) is 8.88 Å². The smallest absolute Gasteiger partial charge is 0.272 e. The van der Waals surface area contributed by atoms with E-state index in [1.54, 1.807) is 0 Å². The van der Waals surface area contributed by atoms with E-state index in [1.165, 1.54) is 0 Å². The van der Waals surface area contributed by atoms with Crippen molar-refractivity contribution in [2.24, 2.45) is 0 Å². The molecule has 0 N–H and O–H groups in total. The molecule has 1 rings (SSSR count). The lowest BCUT2D eigenvalue weighted by molar-refractivity contribution is -0.385. The van der Waals surface area contributed by atoms with Crippen LogP contribution in [0.4, 0.5) is 0 Å². The second-order valence-electron chi connectivity index (χ2n) is 6.63. The van der Waals surface area contributed by atoms with Crippen LogP contribution in [0.5, 0.6) is 0 Å². The lowest BCUT2D eigenvalue weighted by Crippen LogP contribution is -2.68. The van der Waals surface area contributed by atoms with Gasteiger partial charge >= 0.3 is 0 Å². The Kier molecular flexibility index (Phi) is 12.7. The topological polar surface area (TPSA) is 484 Å². The zero-order valence-corrected chi connectivity index (χ0v) is 23.9. The van der Waals surface area contributed by atoms with Crippen LogP contribution in [0, 0.1) is 0 Å². The molecule has 0 aliphatic heterocycles. The zero-order valence-electron chi connectivity index (χ0n) is 17.6. The first-order chi connectivity index (χ1) is 17.3. The molecule has 5 atom stereocenters. The van der Waals surface area contributed by atoms with Crippen molar-refractivity contribution in [3.05, 3.63) is 0 Å². The first kappa shape index (κ1) is 38.8. The zero-order chi connectivity index (χ0) is 31.9. The van der Waals surface area contributed by atoms with Crippen molar-refractivity contribution < 1.29 is 127 Å². The molecule has 0 radical (unpaired) electrons. The molecule has 1 saturated carbocycles. The number of rotatable bonds is 14. The molecular weight excluding hydrogens is 721 g/mol. The van der Waals surface area contributed by atoms with Crippen LogP contribution in [0.25, 0.3) is 0 Å². The summed E-state index contributed by atoms with van der Waals surface area (Å²) in [5.41, 5.74) is 0. The van der Waals surface area contributed by atoms with Gasteiger partial charge in [0, 0.05) is 0 Å². The van der Waals surface area contributed by atoms with Crippen LogP contribution in [0.2, 0.25) is 0 Å². The lowest BCUT2D eigenvalue weighted by atomic mass is 9.85. The van der Waals surface area contributed by atoms with Crippen LogP contribution in [-0.2, 0) is 63.4 Å². The van der Waals surface area contributed by atoms with Crippen molar-refractivity contribution in [2.75, 3.05) is 0 Å². The SMILES string of the molecule is O=P([O-])([O-])OC1C(OP(=O)([O-])[O-])C(OP(=O)([O-])[O-])C(OP(=O)([O-])OP(=O)([O-])[O-])C(OP(=O)([O-])[O-])C1OP(=O)([O-])[O-]. The summed E-state index contributed by atoms with van der Waals surface area (Å²) in [4.78, 5) is 145.